The Balaban J connectivity index is 1.91. The molecule has 0 N–H and O–H groups in total. The van der Waals surface area contributed by atoms with E-state index in [1.165, 1.54) is 0 Å². The Hall–Kier alpha value is -2.17. The van der Waals surface area contributed by atoms with Crippen LogP contribution < -0.4 is 0 Å². The Morgan fingerprint density at radius 3 is 2.26 bits per heavy atom. The molecule has 0 spiro atoms. The maximum Gasteiger partial charge on any atom is 0.338 e. The van der Waals surface area contributed by atoms with Crippen molar-refractivity contribution in [2.24, 2.45) is 0 Å². The number of hydrogen-bond donors (Lipinski definition) is 0. The number of hydrogen-bond acceptors (Lipinski definition) is 3. The van der Waals surface area contributed by atoms with E-state index in [4.69, 9.17) is 9.16 Å². The molecule has 4 heteroatoms. The molecule has 0 fully saturated rings. The fourth-order valence-electron chi connectivity index (χ4n) is 2.89. The Morgan fingerprint density at radius 2 is 1.59 bits per heavy atom. The zero-order valence-corrected chi connectivity index (χ0v) is 17.7. The first-order chi connectivity index (χ1) is 12.7. The summed E-state index contributed by atoms with van der Waals surface area (Å²) in [6.07, 6.45) is 3.23. The highest BCUT2D eigenvalue weighted by Crippen LogP contribution is 2.43. The van der Waals surface area contributed by atoms with Gasteiger partial charge in [-0.25, -0.2) is 4.79 Å². The second-order valence-electron chi connectivity index (χ2n) is 8.52. The highest BCUT2D eigenvalue weighted by molar-refractivity contribution is 6.74. The first-order valence-corrected chi connectivity index (χ1v) is 12.3. The Bertz CT molecular complexity index is 834. The number of rotatable bonds is 4. The summed E-state index contributed by atoms with van der Waals surface area (Å²) in [6, 6.07) is 17.3. The number of carbonyl (C=O) groups excluding carboxylic acids is 1. The second kappa shape index (κ2) is 7.45. The molecule has 0 aromatic heterocycles. The SMILES string of the molecule is CC(C)(C)[Si](C)(C)O[C@H]1c2ccccc2C=C[C@@H]1OC(=O)c1ccccc1. The van der Waals surface area contributed by atoms with Crippen LogP contribution in [0.25, 0.3) is 6.08 Å². The molecule has 2 aromatic rings. The lowest BCUT2D eigenvalue weighted by Gasteiger charge is -2.42. The molecule has 3 nitrogen and oxygen atoms in total. The van der Waals surface area contributed by atoms with Gasteiger partial charge in [0.1, 0.15) is 12.2 Å². The molecule has 3 rings (SSSR count). The first kappa shape index (κ1) is 19.6. The zero-order chi connectivity index (χ0) is 19.7. The molecule has 1 aliphatic rings. The van der Waals surface area contributed by atoms with Gasteiger partial charge in [-0.2, -0.15) is 0 Å². The van der Waals surface area contributed by atoms with Gasteiger partial charge in [-0.15, -0.1) is 0 Å². The van der Waals surface area contributed by atoms with E-state index in [1.807, 2.05) is 42.5 Å². The monoisotopic (exact) mass is 380 g/mol. The third kappa shape index (κ3) is 4.23. The van der Waals surface area contributed by atoms with Crippen LogP contribution in [-0.4, -0.2) is 20.4 Å². The normalized spacial score (nSPS) is 19.4. The van der Waals surface area contributed by atoms with Crippen molar-refractivity contribution in [3.63, 3.8) is 0 Å². The van der Waals surface area contributed by atoms with Crippen molar-refractivity contribution in [3.8, 4) is 0 Å². The molecule has 2 aromatic carbocycles. The molecule has 0 saturated carbocycles. The van der Waals surface area contributed by atoms with Crippen molar-refractivity contribution >= 4 is 20.4 Å². The van der Waals surface area contributed by atoms with E-state index in [0.29, 0.717) is 5.56 Å². The Kier molecular flexibility index (Phi) is 5.40. The summed E-state index contributed by atoms with van der Waals surface area (Å²) >= 11 is 0. The smallest absolute Gasteiger partial charge is 0.338 e. The number of fused-ring (bicyclic) bond motifs is 1. The summed E-state index contributed by atoms with van der Waals surface area (Å²) in [5, 5.41) is 0.0666. The summed E-state index contributed by atoms with van der Waals surface area (Å²) in [5.74, 6) is -0.325. The van der Waals surface area contributed by atoms with Crippen molar-refractivity contribution < 1.29 is 14.0 Å². The molecular formula is C23H28O3Si. The van der Waals surface area contributed by atoms with E-state index in [-0.39, 0.29) is 17.1 Å². The molecule has 0 aliphatic heterocycles. The van der Waals surface area contributed by atoms with Crippen LogP contribution in [-0.2, 0) is 9.16 Å². The van der Waals surface area contributed by atoms with Crippen LogP contribution in [0.15, 0.2) is 60.7 Å². The summed E-state index contributed by atoms with van der Waals surface area (Å²) in [7, 11) is -2.06. The van der Waals surface area contributed by atoms with E-state index >= 15 is 0 Å². The van der Waals surface area contributed by atoms with Gasteiger partial charge in [0.25, 0.3) is 0 Å². The maximum absolute atomic E-state index is 12.6. The summed E-state index contributed by atoms with van der Waals surface area (Å²) in [5.41, 5.74) is 2.75. The van der Waals surface area contributed by atoms with Gasteiger partial charge < -0.3 is 9.16 Å². The van der Waals surface area contributed by atoms with Crippen molar-refractivity contribution in [2.75, 3.05) is 0 Å². The van der Waals surface area contributed by atoms with E-state index in [2.05, 4.69) is 46.0 Å². The average Bonchev–Trinajstić information content (AvgIpc) is 2.63. The largest absolute Gasteiger partial charge is 0.451 e. The Morgan fingerprint density at radius 1 is 0.963 bits per heavy atom. The highest BCUT2D eigenvalue weighted by atomic mass is 28.4. The van der Waals surface area contributed by atoms with E-state index in [0.717, 1.165) is 11.1 Å². The maximum atomic E-state index is 12.6. The quantitative estimate of drug-likeness (QED) is 0.482. The molecule has 0 heterocycles. The predicted octanol–water partition coefficient (Wildman–Crippen LogP) is 6.00. The second-order valence-corrected chi connectivity index (χ2v) is 13.3. The van der Waals surface area contributed by atoms with Crippen LogP contribution in [0.1, 0.15) is 48.4 Å². The summed E-state index contributed by atoms with van der Waals surface area (Å²) < 4.78 is 12.6. The number of benzene rings is 2. The van der Waals surface area contributed by atoms with Crippen LogP contribution in [0.4, 0.5) is 0 Å². The van der Waals surface area contributed by atoms with Crippen LogP contribution in [0.2, 0.25) is 18.1 Å². The molecule has 0 saturated heterocycles. The minimum absolute atomic E-state index is 0.0666. The van der Waals surface area contributed by atoms with E-state index in [9.17, 15) is 4.79 Å². The van der Waals surface area contributed by atoms with Crippen molar-refractivity contribution in [1.29, 1.82) is 0 Å². The Labute approximate surface area is 163 Å². The molecule has 0 amide bonds. The molecule has 1 aliphatic carbocycles. The van der Waals surface area contributed by atoms with Crippen LogP contribution in [0.5, 0.6) is 0 Å². The highest BCUT2D eigenvalue weighted by Gasteiger charge is 2.42. The molecule has 27 heavy (non-hydrogen) atoms. The van der Waals surface area contributed by atoms with Gasteiger partial charge in [-0.1, -0.05) is 69.3 Å². The van der Waals surface area contributed by atoms with Crippen molar-refractivity contribution in [1.82, 2.24) is 0 Å². The number of carbonyl (C=O) groups is 1. The minimum atomic E-state index is -2.06. The van der Waals surface area contributed by atoms with E-state index < -0.39 is 14.4 Å². The number of ether oxygens (including phenoxy) is 1. The fraction of sp³-hybridized carbons (Fsp3) is 0.348. The predicted molar refractivity (Wildman–Crippen MR) is 112 cm³/mol. The van der Waals surface area contributed by atoms with Gasteiger partial charge in [0.2, 0.25) is 0 Å². The fourth-order valence-corrected chi connectivity index (χ4v) is 4.14. The lowest BCUT2D eigenvalue weighted by Crippen LogP contribution is -2.44. The third-order valence-corrected chi connectivity index (χ3v) is 10.0. The number of esters is 1. The summed E-state index contributed by atoms with van der Waals surface area (Å²) in [4.78, 5) is 12.6. The lowest BCUT2D eigenvalue weighted by atomic mass is 9.93. The van der Waals surface area contributed by atoms with Crippen molar-refractivity contribution in [3.05, 3.63) is 77.4 Å². The molecule has 0 unspecified atom stereocenters. The van der Waals surface area contributed by atoms with Crippen LogP contribution in [0.3, 0.4) is 0 Å². The van der Waals surface area contributed by atoms with Gasteiger partial charge in [-0.05, 0) is 47.5 Å². The standard InChI is InChI=1S/C23H28O3Si/c1-23(2,3)27(4,5)26-21-19-14-10-9-11-17(19)15-16-20(21)25-22(24)18-12-7-6-8-13-18/h6-16,20-21H,1-5H3/t20-,21-/m0/s1. The minimum Gasteiger partial charge on any atom is -0.451 e. The summed E-state index contributed by atoms with van der Waals surface area (Å²) in [6.45, 7) is 11.1. The van der Waals surface area contributed by atoms with Crippen LogP contribution >= 0.6 is 0 Å². The molecule has 0 bridgehead atoms. The van der Waals surface area contributed by atoms with Gasteiger partial charge in [-0.3, -0.25) is 0 Å². The molecule has 2 atom stereocenters. The van der Waals surface area contributed by atoms with Gasteiger partial charge >= 0.3 is 5.97 Å². The topological polar surface area (TPSA) is 35.5 Å². The molecule has 142 valence electrons. The lowest BCUT2D eigenvalue weighted by molar-refractivity contribution is 0.00290. The zero-order valence-electron chi connectivity index (χ0n) is 16.7. The van der Waals surface area contributed by atoms with Crippen LogP contribution in [0, 0.1) is 0 Å². The van der Waals surface area contributed by atoms with Crippen molar-refractivity contribution in [2.45, 2.75) is 51.1 Å². The van der Waals surface area contributed by atoms with E-state index in [1.54, 1.807) is 12.1 Å². The first-order valence-electron chi connectivity index (χ1n) is 9.40. The van der Waals surface area contributed by atoms with Gasteiger partial charge in [0.15, 0.2) is 8.32 Å². The molecular weight excluding hydrogens is 352 g/mol. The van der Waals surface area contributed by atoms with Gasteiger partial charge in [0, 0.05) is 0 Å². The van der Waals surface area contributed by atoms with Gasteiger partial charge in [0.05, 0.1) is 5.56 Å². The third-order valence-electron chi connectivity index (χ3n) is 5.55. The average molecular weight is 381 g/mol. The molecule has 0 radical (unpaired) electrons.